The summed E-state index contributed by atoms with van der Waals surface area (Å²) in [6.45, 7) is 0. The van der Waals surface area contributed by atoms with E-state index < -0.39 is 12.1 Å². The van der Waals surface area contributed by atoms with Crippen LogP contribution < -0.4 is 14.3 Å². The molecule has 0 saturated carbocycles. The Bertz CT molecular complexity index is 1070. The van der Waals surface area contributed by atoms with E-state index in [0.29, 0.717) is 23.5 Å². The van der Waals surface area contributed by atoms with Crippen molar-refractivity contribution in [3.63, 3.8) is 0 Å². The second-order valence-electron chi connectivity index (χ2n) is 6.28. The number of nitrogens with one attached hydrogen (secondary N) is 1. The van der Waals surface area contributed by atoms with Crippen LogP contribution in [-0.2, 0) is 6.42 Å². The summed E-state index contributed by atoms with van der Waals surface area (Å²) >= 11 is 0.974. The van der Waals surface area contributed by atoms with E-state index in [2.05, 4.69) is 9.72 Å². The highest BCUT2D eigenvalue weighted by molar-refractivity contribution is 7.09. The molecule has 0 radical (unpaired) electrons. The third-order valence-electron chi connectivity index (χ3n) is 4.47. The van der Waals surface area contributed by atoms with E-state index >= 15 is 0 Å². The van der Waals surface area contributed by atoms with Crippen molar-refractivity contribution in [1.29, 1.82) is 0 Å². The lowest BCUT2D eigenvalue weighted by molar-refractivity contribution is -0.275. The zero-order chi connectivity index (χ0) is 19.9. The molecule has 0 bridgehead atoms. The Morgan fingerprint density at radius 3 is 2.57 bits per heavy atom. The SMILES string of the molecule is O=c1[nH]c(O)c([C@@H]2CCc3cc(Oc4ccccc4OC(F)(F)F)ccc32)s1. The number of fused-ring (bicyclic) bond motifs is 1. The number of alkyl halides is 3. The average Bonchev–Trinajstić information content (AvgIpc) is 3.17. The topological polar surface area (TPSA) is 71.6 Å². The van der Waals surface area contributed by atoms with Crippen LogP contribution in [0.2, 0.25) is 0 Å². The molecule has 1 aliphatic carbocycles. The number of benzene rings is 2. The maximum absolute atomic E-state index is 12.6. The maximum Gasteiger partial charge on any atom is 0.573 e. The number of aryl methyl sites for hydroxylation is 1. The van der Waals surface area contributed by atoms with Crippen molar-refractivity contribution in [2.24, 2.45) is 0 Å². The van der Waals surface area contributed by atoms with E-state index in [1.165, 1.54) is 18.2 Å². The normalized spacial score (nSPS) is 16.0. The molecule has 1 atom stereocenters. The largest absolute Gasteiger partial charge is 0.573 e. The molecule has 0 spiro atoms. The summed E-state index contributed by atoms with van der Waals surface area (Å²) in [5.41, 5.74) is 1.91. The van der Waals surface area contributed by atoms with Gasteiger partial charge in [0.1, 0.15) is 5.75 Å². The number of ether oxygens (including phenoxy) is 2. The first-order valence-electron chi connectivity index (χ1n) is 8.37. The lowest BCUT2D eigenvalue weighted by Gasteiger charge is -2.15. The number of aromatic hydroxyl groups is 1. The highest BCUT2D eigenvalue weighted by Gasteiger charge is 2.33. The minimum Gasteiger partial charge on any atom is -0.494 e. The minimum absolute atomic E-state index is 0.0455. The third kappa shape index (κ3) is 3.70. The van der Waals surface area contributed by atoms with Gasteiger partial charge in [0.15, 0.2) is 11.5 Å². The average molecular weight is 409 g/mol. The van der Waals surface area contributed by atoms with Gasteiger partial charge in [-0.3, -0.25) is 9.78 Å². The van der Waals surface area contributed by atoms with Crippen molar-refractivity contribution in [2.45, 2.75) is 25.1 Å². The summed E-state index contributed by atoms with van der Waals surface area (Å²) in [4.78, 5) is 14.1. The van der Waals surface area contributed by atoms with Gasteiger partial charge in [-0.25, -0.2) is 0 Å². The molecule has 0 fully saturated rings. The third-order valence-corrected chi connectivity index (χ3v) is 5.45. The smallest absolute Gasteiger partial charge is 0.494 e. The van der Waals surface area contributed by atoms with Gasteiger partial charge in [-0.2, -0.15) is 0 Å². The number of aromatic nitrogens is 1. The minimum atomic E-state index is -4.81. The second-order valence-corrected chi connectivity index (χ2v) is 7.29. The lowest BCUT2D eigenvalue weighted by Crippen LogP contribution is -2.17. The summed E-state index contributed by atoms with van der Waals surface area (Å²) in [7, 11) is 0. The fourth-order valence-corrected chi connectivity index (χ4v) is 4.25. The number of aromatic amines is 1. The summed E-state index contributed by atoms with van der Waals surface area (Å²) < 4.78 is 47.3. The lowest BCUT2D eigenvalue weighted by atomic mass is 10.00. The molecule has 28 heavy (non-hydrogen) atoms. The molecule has 1 heterocycles. The Morgan fingerprint density at radius 1 is 1.14 bits per heavy atom. The Kier molecular flexibility index (Phi) is 4.54. The summed E-state index contributed by atoms with van der Waals surface area (Å²) in [5, 5.41) is 9.91. The van der Waals surface area contributed by atoms with Crippen LogP contribution in [-0.4, -0.2) is 16.5 Å². The van der Waals surface area contributed by atoms with Gasteiger partial charge in [0.2, 0.25) is 5.88 Å². The Hall–Kier alpha value is -2.94. The van der Waals surface area contributed by atoms with Crippen LogP contribution in [0.4, 0.5) is 13.2 Å². The van der Waals surface area contributed by atoms with Gasteiger partial charge in [-0.05, 0) is 48.2 Å². The van der Waals surface area contributed by atoms with Crippen molar-refractivity contribution < 1.29 is 27.8 Å². The number of hydrogen-bond acceptors (Lipinski definition) is 5. The molecular formula is C19H14F3NO4S. The standard InChI is InChI=1S/C19H14F3NO4S/c20-19(21,22)27-15-4-2-1-3-14(15)26-11-6-8-12-10(9-11)5-7-13(12)16-17(24)23-18(25)28-16/h1-4,6,8-9,13,24H,5,7H2,(H,23,25)/t13-/m1/s1. The molecule has 5 nitrogen and oxygen atoms in total. The van der Waals surface area contributed by atoms with Crippen molar-refractivity contribution in [3.05, 3.63) is 68.1 Å². The molecular weight excluding hydrogens is 395 g/mol. The number of para-hydroxylation sites is 2. The van der Waals surface area contributed by atoms with Crippen molar-refractivity contribution >= 4 is 11.3 Å². The van der Waals surface area contributed by atoms with Gasteiger partial charge in [-0.15, -0.1) is 13.2 Å². The first-order valence-corrected chi connectivity index (χ1v) is 9.19. The highest BCUT2D eigenvalue weighted by atomic mass is 32.1. The Balaban J connectivity index is 1.60. The molecule has 1 aromatic heterocycles. The Morgan fingerprint density at radius 2 is 1.89 bits per heavy atom. The Labute approximate surface area is 161 Å². The van der Waals surface area contributed by atoms with Crippen molar-refractivity contribution in [2.75, 3.05) is 0 Å². The van der Waals surface area contributed by atoms with E-state index in [1.54, 1.807) is 24.3 Å². The summed E-state index contributed by atoms with van der Waals surface area (Å²) in [6, 6.07) is 10.8. The molecule has 0 aliphatic heterocycles. The molecule has 4 rings (SSSR count). The first-order chi connectivity index (χ1) is 13.3. The van der Waals surface area contributed by atoms with Gasteiger partial charge < -0.3 is 14.6 Å². The number of thiazole rings is 1. The van der Waals surface area contributed by atoms with E-state index in [-0.39, 0.29) is 22.4 Å². The van der Waals surface area contributed by atoms with Crippen LogP contribution in [0.15, 0.2) is 47.3 Å². The number of H-pyrrole nitrogens is 1. The fourth-order valence-electron chi connectivity index (χ4n) is 3.37. The molecule has 1 aliphatic rings. The number of hydrogen-bond donors (Lipinski definition) is 2. The molecule has 2 N–H and O–H groups in total. The zero-order valence-corrected chi connectivity index (χ0v) is 15.1. The predicted octanol–water partition coefficient (Wildman–Crippen LogP) is 4.91. The monoisotopic (exact) mass is 409 g/mol. The first kappa shape index (κ1) is 18.4. The number of halogens is 3. The number of rotatable bonds is 4. The van der Waals surface area contributed by atoms with Crippen LogP contribution in [0.5, 0.6) is 23.1 Å². The molecule has 0 amide bonds. The van der Waals surface area contributed by atoms with Gasteiger partial charge >= 0.3 is 11.2 Å². The fraction of sp³-hybridized carbons (Fsp3) is 0.211. The van der Waals surface area contributed by atoms with Crippen LogP contribution >= 0.6 is 11.3 Å². The van der Waals surface area contributed by atoms with Crippen LogP contribution in [0, 0.1) is 0 Å². The summed E-state index contributed by atoms with van der Waals surface area (Å²) in [5.74, 6) is -0.310. The quantitative estimate of drug-likeness (QED) is 0.642. The van der Waals surface area contributed by atoms with Crippen molar-refractivity contribution in [3.8, 4) is 23.1 Å². The van der Waals surface area contributed by atoms with Gasteiger partial charge in [-0.1, -0.05) is 29.5 Å². The van der Waals surface area contributed by atoms with E-state index in [1.807, 2.05) is 0 Å². The predicted molar refractivity (Wildman–Crippen MR) is 96.4 cm³/mol. The highest BCUT2D eigenvalue weighted by Crippen LogP contribution is 2.44. The molecule has 3 aromatic rings. The van der Waals surface area contributed by atoms with Gasteiger partial charge in [0, 0.05) is 5.92 Å². The van der Waals surface area contributed by atoms with E-state index in [0.717, 1.165) is 22.5 Å². The molecule has 0 unspecified atom stereocenters. The van der Waals surface area contributed by atoms with Crippen LogP contribution in [0.25, 0.3) is 0 Å². The zero-order valence-electron chi connectivity index (χ0n) is 14.2. The van der Waals surface area contributed by atoms with Gasteiger partial charge in [0.25, 0.3) is 0 Å². The van der Waals surface area contributed by atoms with Gasteiger partial charge in [0.05, 0.1) is 4.88 Å². The van der Waals surface area contributed by atoms with Crippen LogP contribution in [0.1, 0.15) is 28.3 Å². The van der Waals surface area contributed by atoms with Crippen LogP contribution in [0.3, 0.4) is 0 Å². The summed E-state index contributed by atoms with van der Waals surface area (Å²) in [6.07, 6.45) is -3.40. The molecule has 146 valence electrons. The van der Waals surface area contributed by atoms with E-state index in [9.17, 15) is 23.1 Å². The molecule has 9 heteroatoms. The van der Waals surface area contributed by atoms with E-state index in [4.69, 9.17) is 4.74 Å². The van der Waals surface area contributed by atoms with Crippen molar-refractivity contribution in [1.82, 2.24) is 4.98 Å². The molecule has 2 aromatic carbocycles. The maximum atomic E-state index is 12.6. The second kappa shape index (κ2) is 6.90. The molecule has 0 saturated heterocycles.